The number of H-pyrrole nitrogens is 1. The molecule has 2 N–H and O–H groups in total. The average Bonchev–Trinajstić information content (AvgIpc) is 3.30. The van der Waals surface area contributed by atoms with Crippen molar-refractivity contribution in [3.63, 3.8) is 0 Å². The quantitative estimate of drug-likeness (QED) is 0.360. The number of nitrogens with one attached hydrogen (secondary N) is 2. The van der Waals surface area contributed by atoms with Crippen LogP contribution in [-0.4, -0.2) is 23.1 Å². The summed E-state index contributed by atoms with van der Waals surface area (Å²) in [6, 6.07) is 26.3. The fraction of sp³-hybridized carbons (Fsp3) is 0.222. The molecular formula is C27H26ClN3O. The van der Waals surface area contributed by atoms with Gasteiger partial charge in [-0.1, -0.05) is 66.2 Å². The van der Waals surface area contributed by atoms with Crippen molar-refractivity contribution < 1.29 is 4.74 Å². The van der Waals surface area contributed by atoms with Gasteiger partial charge in [-0.15, -0.1) is 0 Å². The Morgan fingerprint density at radius 3 is 2.47 bits per heavy atom. The Labute approximate surface area is 193 Å². The molecule has 0 unspecified atom stereocenters. The molecule has 5 rings (SSSR count). The molecular weight excluding hydrogens is 418 g/mol. The molecule has 0 amide bonds. The second-order valence-electron chi connectivity index (χ2n) is 8.18. The standard InChI is InChI=1S/C27H26ClN3O/c28-23-10-4-8-21(16-23)25-26(31-27(30-25)20-12-14-29-15-13-20)22-9-5-11-24(17-22)32-18-19-6-2-1-3-7-19/h1-11,16-17,20,29H,12-15,18H2,(H,30,31). The van der Waals surface area contributed by atoms with Crippen LogP contribution in [0.4, 0.5) is 0 Å². The highest BCUT2D eigenvalue weighted by Gasteiger charge is 2.22. The van der Waals surface area contributed by atoms with Gasteiger partial charge < -0.3 is 15.0 Å². The van der Waals surface area contributed by atoms with Crippen molar-refractivity contribution in [1.29, 1.82) is 0 Å². The minimum absolute atomic E-state index is 0.431. The van der Waals surface area contributed by atoms with Crippen molar-refractivity contribution >= 4 is 11.6 Å². The third kappa shape index (κ3) is 4.72. The number of aromatic amines is 1. The first-order valence-corrected chi connectivity index (χ1v) is 11.5. The van der Waals surface area contributed by atoms with Gasteiger partial charge in [-0.2, -0.15) is 0 Å². The maximum atomic E-state index is 6.31. The third-order valence-electron chi connectivity index (χ3n) is 5.92. The second-order valence-corrected chi connectivity index (χ2v) is 8.62. The molecule has 5 heteroatoms. The molecule has 1 aliphatic rings. The van der Waals surface area contributed by atoms with Crippen molar-refractivity contribution in [3.05, 3.63) is 95.3 Å². The highest BCUT2D eigenvalue weighted by atomic mass is 35.5. The second kappa shape index (κ2) is 9.60. The van der Waals surface area contributed by atoms with Crippen LogP contribution in [0.1, 0.15) is 30.1 Å². The number of hydrogen-bond donors (Lipinski definition) is 2. The molecule has 1 fully saturated rings. The molecule has 0 bridgehead atoms. The molecule has 0 saturated carbocycles. The van der Waals surface area contributed by atoms with Crippen LogP contribution >= 0.6 is 11.6 Å². The normalized spacial score (nSPS) is 14.4. The molecule has 0 aliphatic carbocycles. The fourth-order valence-corrected chi connectivity index (χ4v) is 4.41. The largest absolute Gasteiger partial charge is 0.489 e. The van der Waals surface area contributed by atoms with Crippen molar-refractivity contribution in [1.82, 2.24) is 15.3 Å². The van der Waals surface area contributed by atoms with E-state index in [2.05, 4.69) is 40.6 Å². The molecule has 32 heavy (non-hydrogen) atoms. The van der Waals surface area contributed by atoms with E-state index in [1.807, 2.05) is 48.5 Å². The minimum atomic E-state index is 0.431. The smallest absolute Gasteiger partial charge is 0.120 e. The predicted octanol–water partition coefficient (Wildman–Crippen LogP) is 6.44. The van der Waals surface area contributed by atoms with Crippen LogP contribution in [0.25, 0.3) is 22.5 Å². The lowest BCUT2D eigenvalue weighted by molar-refractivity contribution is 0.306. The molecule has 0 radical (unpaired) electrons. The van der Waals surface area contributed by atoms with Crippen LogP contribution in [0.5, 0.6) is 5.75 Å². The number of ether oxygens (including phenoxy) is 1. The zero-order chi connectivity index (χ0) is 21.8. The first-order chi connectivity index (χ1) is 15.8. The van der Waals surface area contributed by atoms with Gasteiger partial charge in [0.05, 0.1) is 11.4 Å². The average molecular weight is 444 g/mol. The molecule has 162 valence electrons. The summed E-state index contributed by atoms with van der Waals surface area (Å²) in [5.41, 5.74) is 5.15. The fourth-order valence-electron chi connectivity index (χ4n) is 4.22. The Bertz CT molecular complexity index is 1180. The van der Waals surface area contributed by atoms with E-state index in [0.717, 1.165) is 65.6 Å². The molecule has 1 saturated heterocycles. The Kier molecular flexibility index (Phi) is 6.24. The van der Waals surface area contributed by atoms with Crippen molar-refractivity contribution in [2.75, 3.05) is 13.1 Å². The Morgan fingerprint density at radius 2 is 1.66 bits per heavy atom. The first-order valence-electron chi connectivity index (χ1n) is 11.1. The third-order valence-corrected chi connectivity index (χ3v) is 6.15. The zero-order valence-corrected chi connectivity index (χ0v) is 18.6. The maximum Gasteiger partial charge on any atom is 0.120 e. The lowest BCUT2D eigenvalue weighted by atomic mass is 9.98. The molecule has 2 heterocycles. The van der Waals surface area contributed by atoms with E-state index in [9.17, 15) is 0 Å². The molecule has 4 aromatic rings. The summed E-state index contributed by atoms with van der Waals surface area (Å²) in [6.45, 7) is 2.58. The van der Waals surface area contributed by atoms with Gasteiger partial charge in [-0.25, -0.2) is 4.98 Å². The Morgan fingerprint density at radius 1 is 0.875 bits per heavy atom. The molecule has 0 atom stereocenters. The van der Waals surface area contributed by atoms with E-state index in [0.29, 0.717) is 17.5 Å². The number of imidazole rings is 1. The summed E-state index contributed by atoms with van der Waals surface area (Å²) >= 11 is 6.31. The lowest BCUT2D eigenvalue weighted by Crippen LogP contribution is -2.27. The Hall–Kier alpha value is -3.08. The summed E-state index contributed by atoms with van der Waals surface area (Å²) in [5.74, 6) is 2.31. The van der Waals surface area contributed by atoms with Gasteiger partial charge in [-0.05, 0) is 55.8 Å². The molecule has 1 aliphatic heterocycles. The zero-order valence-electron chi connectivity index (χ0n) is 17.9. The van der Waals surface area contributed by atoms with E-state index in [1.54, 1.807) is 0 Å². The number of hydrogen-bond acceptors (Lipinski definition) is 3. The monoisotopic (exact) mass is 443 g/mol. The highest BCUT2D eigenvalue weighted by molar-refractivity contribution is 6.30. The summed E-state index contributed by atoms with van der Waals surface area (Å²) in [7, 11) is 0. The van der Waals surface area contributed by atoms with E-state index >= 15 is 0 Å². The number of benzene rings is 3. The number of nitrogens with zero attached hydrogens (tertiary/aromatic N) is 1. The number of piperidine rings is 1. The number of rotatable bonds is 6. The van der Waals surface area contributed by atoms with Crippen LogP contribution in [0, 0.1) is 0 Å². The van der Waals surface area contributed by atoms with E-state index in [4.69, 9.17) is 21.3 Å². The summed E-state index contributed by atoms with van der Waals surface area (Å²) in [5, 5.41) is 4.14. The van der Waals surface area contributed by atoms with Gasteiger partial charge in [0.15, 0.2) is 0 Å². The predicted molar refractivity (Wildman–Crippen MR) is 130 cm³/mol. The van der Waals surface area contributed by atoms with Crippen molar-refractivity contribution in [2.24, 2.45) is 0 Å². The lowest BCUT2D eigenvalue weighted by Gasteiger charge is -2.20. The van der Waals surface area contributed by atoms with Crippen LogP contribution in [0.15, 0.2) is 78.9 Å². The molecule has 1 aromatic heterocycles. The van der Waals surface area contributed by atoms with Crippen molar-refractivity contribution in [3.8, 4) is 28.3 Å². The summed E-state index contributed by atoms with van der Waals surface area (Å²) in [4.78, 5) is 8.71. The highest BCUT2D eigenvalue weighted by Crippen LogP contribution is 2.36. The van der Waals surface area contributed by atoms with Crippen LogP contribution in [0.2, 0.25) is 5.02 Å². The topological polar surface area (TPSA) is 49.9 Å². The van der Waals surface area contributed by atoms with Gasteiger partial charge in [0.2, 0.25) is 0 Å². The van der Waals surface area contributed by atoms with Gasteiger partial charge in [-0.3, -0.25) is 0 Å². The van der Waals surface area contributed by atoms with Crippen molar-refractivity contribution in [2.45, 2.75) is 25.4 Å². The summed E-state index contributed by atoms with van der Waals surface area (Å²) in [6.07, 6.45) is 2.17. The number of aromatic nitrogens is 2. The number of halogens is 1. The van der Waals surface area contributed by atoms with Gasteiger partial charge in [0.1, 0.15) is 18.2 Å². The molecule has 4 nitrogen and oxygen atoms in total. The van der Waals surface area contributed by atoms with Crippen LogP contribution < -0.4 is 10.1 Å². The van der Waals surface area contributed by atoms with E-state index in [1.165, 1.54) is 0 Å². The molecule has 0 spiro atoms. The van der Waals surface area contributed by atoms with E-state index < -0.39 is 0 Å². The van der Waals surface area contributed by atoms with Crippen LogP contribution in [0.3, 0.4) is 0 Å². The maximum absolute atomic E-state index is 6.31. The van der Waals surface area contributed by atoms with Gasteiger partial charge >= 0.3 is 0 Å². The van der Waals surface area contributed by atoms with Gasteiger partial charge in [0.25, 0.3) is 0 Å². The summed E-state index contributed by atoms with van der Waals surface area (Å²) < 4.78 is 6.08. The van der Waals surface area contributed by atoms with Gasteiger partial charge in [0, 0.05) is 22.1 Å². The molecule has 3 aromatic carbocycles. The van der Waals surface area contributed by atoms with Crippen LogP contribution in [-0.2, 0) is 6.61 Å². The Balaban J connectivity index is 1.49. The van der Waals surface area contributed by atoms with E-state index in [-0.39, 0.29) is 0 Å². The first kappa shape index (κ1) is 20.8. The SMILES string of the molecule is Clc1cccc(-c2nc(C3CCNCC3)[nH]c2-c2cccc(OCc3ccccc3)c2)c1. The minimum Gasteiger partial charge on any atom is -0.489 e.